The molecule has 198 valence electrons. The van der Waals surface area contributed by atoms with Gasteiger partial charge in [0.15, 0.2) is 11.6 Å². The molecule has 2 heterocycles. The van der Waals surface area contributed by atoms with Gasteiger partial charge in [0.2, 0.25) is 5.88 Å². The first-order valence-electron chi connectivity index (χ1n) is 13.9. The number of rotatable bonds is 5. The van der Waals surface area contributed by atoms with Gasteiger partial charge in [0.25, 0.3) is 0 Å². The van der Waals surface area contributed by atoms with E-state index in [4.69, 9.17) is 14.7 Å². The average molecular weight is 532 g/mol. The Labute approximate surface area is 240 Å². The molecular weight excluding hydrogens is 502 g/mol. The summed E-state index contributed by atoms with van der Waals surface area (Å²) in [6, 6.07) is 47.5. The quantitative estimate of drug-likeness (QED) is 0.222. The molecule has 0 amide bonds. The maximum Gasteiger partial charge on any atom is 0.223 e. The van der Waals surface area contributed by atoms with Crippen molar-refractivity contribution in [3.63, 3.8) is 0 Å². The molecule has 0 unspecified atom stereocenters. The zero-order valence-electron chi connectivity index (χ0n) is 23.0. The van der Waals surface area contributed by atoms with Gasteiger partial charge < -0.3 is 9.64 Å². The van der Waals surface area contributed by atoms with Crippen molar-refractivity contribution < 1.29 is 4.74 Å². The van der Waals surface area contributed by atoms with Crippen molar-refractivity contribution in [2.24, 2.45) is 0 Å². The predicted molar refractivity (Wildman–Crippen MR) is 166 cm³/mol. The number of aromatic nitrogens is 2. The molecule has 4 nitrogen and oxygen atoms in total. The number of hydrogen-bond acceptors (Lipinski definition) is 4. The van der Waals surface area contributed by atoms with Gasteiger partial charge >= 0.3 is 0 Å². The molecule has 0 spiro atoms. The average Bonchev–Trinajstić information content (AvgIpc) is 3.03. The summed E-state index contributed by atoms with van der Waals surface area (Å²) in [7, 11) is 0. The number of anilines is 3. The van der Waals surface area contributed by atoms with Crippen molar-refractivity contribution in [3.8, 4) is 34.3 Å². The van der Waals surface area contributed by atoms with Gasteiger partial charge in [-0.25, -0.2) is 4.98 Å². The molecular formula is C37H29N3O. The number of ether oxygens (including phenoxy) is 1. The number of para-hydroxylation sites is 4. The predicted octanol–water partition coefficient (Wildman–Crippen LogP) is 9.71. The van der Waals surface area contributed by atoms with Crippen LogP contribution >= 0.6 is 0 Å². The normalized spacial score (nSPS) is 13.3. The Morgan fingerprint density at radius 1 is 0.537 bits per heavy atom. The molecule has 0 aliphatic carbocycles. The fraction of sp³-hybridized carbons (Fsp3) is 0.0811. The van der Waals surface area contributed by atoms with Crippen molar-refractivity contribution in [1.82, 2.24) is 9.97 Å². The zero-order valence-corrected chi connectivity index (χ0v) is 23.0. The Kier molecular flexibility index (Phi) is 6.09. The number of benzene rings is 5. The van der Waals surface area contributed by atoms with Crippen LogP contribution in [0, 0.1) is 0 Å². The van der Waals surface area contributed by atoms with E-state index in [0.29, 0.717) is 17.5 Å². The van der Waals surface area contributed by atoms with E-state index >= 15 is 0 Å². The molecule has 6 aromatic rings. The molecule has 0 N–H and O–H groups in total. The first-order chi connectivity index (χ1) is 20.1. The largest absolute Gasteiger partial charge is 0.437 e. The van der Waals surface area contributed by atoms with E-state index in [2.05, 4.69) is 91.5 Å². The van der Waals surface area contributed by atoms with Gasteiger partial charge in [-0.05, 0) is 35.4 Å². The molecule has 0 bridgehead atoms. The molecule has 5 aromatic carbocycles. The first-order valence-corrected chi connectivity index (χ1v) is 13.9. The van der Waals surface area contributed by atoms with E-state index in [0.717, 1.165) is 33.9 Å². The van der Waals surface area contributed by atoms with Gasteiger partial charge in [-0.2, -0.15) is 4.98 Å². The lowest BCUT2D eigenvalue weighted by Gasteiger charge is -2.42. The molecule has 1 aromatic heterocycles. The summed E-state index contributed by atoms with van der Waals surface area (Å²) in [5, 5.41) is 0. The van der Waals surface area contributed by atoms with Crippen LogP contribution in [-0.4, -0.2) is 9.97 Å². The fourth-order valence-electron chi connectivity index (χ4n) is 5.72. The van der Waals surface area contributed by atoms with E-state index in [1.165, 1.54) is 11.1 Å². The van der Waals surface area contributed by atoms with Crippen molar-refractivity contribution in [2.45, 2.75) is 19.3 Å². The van der Waals surface area contributed by atoms with E-state index in [9.17, 15) is 0 Å². The summed E-state index contributed by atoms with van der Waals surface area (Å²) < 4.78 is 6.68. The molecule has 41 heavy (non-hydrogen) atoms. The van der Waals surface area contributed by atoms with Crippen LogP contribution in [0.15, 0.2) is 140 Å². The van der Waals surface area contributed by atoms with Gasteiger partial charge in [0.1, 0.15) is 0 Å². The second kappa shape index (κ2) is 10.1. The van der Waals surface area contributed by atoms with Gasteiger partial charge in [-0.3, -0.25) is 0 Å². The third-order valence-electron chi connectivity index (χ3n) is 7.76. The van der Waals surface area contributed by atoms with E-state index < -0.39 is 0 Å². The molecule has 0 saturated carbocycles. The van der Waals surface area contributed by atoms with Crippen LogP contribution in [0.1, 0.15) is 25.0 Å². The Morgan fingerprint density at radius 2 is 1.05 bits per heavy atom. The third kappa shape index (κ3) is 4.44. The maximum absolute atomic E-state index is 6.68. The molecule has 1 aliphatic heterocycles. The standard InChI is InChI=1S/C37H29N3O/c1-37(2)28-19-9-11-21-31(28)40(32-22-12-10-20-29(32)37)33-23-13-14-24-34(33)41-35-25-30(26-15-5-3-6-16-26)38-36(39-35)27-17-7-4-8-18-27/h3-25H,1-2H3. The molecule has 0 radical (unpaired) electrons. The third-order valence-corrected chi connectivity index (χ3v) is 7.76. The number of fused-ring (bicyclic) bond motifs is 2. The van der Waals surface area contributed by atoms with Crippen LogP contribution in [0.5, 0.6) is 11.6 Å². The number of nitrogens with zero attached hydrogens (tertiary/aromatic N) is 3. The Bertz CT molecular complexity index is 1740. The molecule has 0 saturated heterocycles. The minimum Gasteiger partial charge on any atom is -0.437 e. The van der Waals surface area contributed by atoms with Crippen LogP contribution in [0.2, 0.25) is 0 Å². The molecule has 1 aliphatic rings. The second-order valence-electron chi connectivity index (χ2n) is 10.7. The maximum atomic E-state index is 6.68. The topological polar surface area (TPSA) is 38.2 Å². The first kappa shape index (κ1) is 24.8. The summed E-state index contributed by atoms with van der Waals surface area (Å²) >= 11 is 0. The monoisotopic (exact) mass is 531 g/mol. The highest BCUT2D eigenvalue weighted by Gasteiger charge is 2.37. The van der Waals surface area contributed by atoms with Gasteiger partial charge in [0, 0.05) is 22.6 Å². The summed E-state index contributed by atoms with van der Waals surface area (Å²) in [5.41, 5.74) is 8.39. The summed E-state index contributed by atoms with van der Waals surface area (Å²) in [4.78, 5) is 12.1. The number of hydrogen-bond donors (Lipinski definition) is 0. The summed E-state index contributed by atoms with van der Waals surface area (Å²) in [5.74, 6) is 1.83. The van der Waals surface area contributed by atoms with Crippen molar-refractivity contribution in [1.29, 1.82) is 0 Å². The Hall–Kier alpha value is -5.22. The van der Waals surface area contributed by atoms with Crippen LogP contribution in [0.3, 0.4) is 0 Å². The lowest BCUT2D eigenvalue weighted by Crippen LogP contribution is -2.30. The fourth-order valence-corrected chi connectivity index (χ4v) is 5.72. The molecule has 0 atom stereocenters. The highest BCUT2D eigenvalue weighted by Crippen LogP contribution is 2.53. The van der Waals surface area contributed by atoms with Crippen LogP contribution in [0.4, 0.5) is 17.1 Å². The van der Waals surface area contributed by atoms with Crippen molar-refractivity contribution in [2.75, 3.05) is 4.90 Å². The summed E-state index contributed by atoms with van der Waals surface area (Å²) in [6.45, 7) is 4.59. The SMILES string of the molecule is CC1(C)c2ccccc2N(c2ccccc2Oc2cc(-c3ccccc3)nc(-c3ccccc3)n2)c2ccccc21. The van der Waals surface area contributed by atoms with Crippen LogP contribution in [0.25, 0.3) is 22.6 Å². The van der Waals surface area contributed by atoms with Crippen LogP contribution < -0.4 is 9.64 Å². The zero-order chi connectivity index (χ0) is 27.8. The lowest BCUT2D eigenvalue weighted by molar-refractivity contribution is 0.463. The molecule has 4 heteroatoms. The highest BCUT2D eigenvalue weighted by atomic mass is 16.5. The molecule has 7 rings (SSSR count). The highest BCUT2D eigenvalue weighted by molar-refractivity contribution is 5.88. The minimum atomic E-state index is -0.138. The smallest absolute Gasteiger partial charge is 0.223 e. The van der Waals surface area contributed by atoms with Gasteiger partial charge in [0.05, 0.1) is 22.8 Å². The van der Waals surface area contributed by atoms with E-state index in [1.807, 2.05) is 66.7 Å². The molecule has 0 fully saturated rings. The van der Waals surface area contributed by atoms with E-state index in [-0.39, 0.29) is 5.41 Å². The minimum absolute atomic E-state index is 0.138. The second-order valence-corrected chi connectivity index (χ2v) is 10.7. The summed E-state index contributed by atoms with van der Waals surface area (Å²) in [6.07, 6.45) is 0. The lowest BCUT2D eigenvalue weighted by atomic mass is 9.73. The van der Waals surface area contributed by atoms with Gasteiger partial charge in [-0.1, -0.05) is 123 Å². The van der Waals surface area contributed by atoms with Gasteiger partial charge in [-0.15, -0.1) is 0 Å². The Balaban J connectivity index is 1.37. The van der Waals surface area contributed by atoms with Crippen molar-refractivity contribution >= 4 is 17.1 Å². The van der Waals surface area contributed by atoms with E-state index in [1.54, 1.807) is 0 Å². The van der Waals surface area contributed by atoms with Crippen LogP contribution in [-0.2, 0) is 5.41 Å². The van der Waals surface area contributed by atoms with Crippen molar-refractivity contribution in [3.05, 3.63) is 151 Å². The Morgan fingerprint density at radius 3 is 1.68 bits per heavy atom.